The Morgan fingerprint density at radius 2 is 2.21 bits per heavy atom. The van der Waals surface area contributed by atoms with Gasteiger partial charge in [0.2, 0.25) is 6.79 Å². The fourth-order valence-electron chi connectivity index (χ4n) is 3.38. The zero-order valence-electron chi connectivity index (χ0n) is 13.6. The molecule has 2 aromatic rings. The molecule has 0 aliphatic carbocycles. The van der Waals surface area contributed by atoms with E-state index in [1.807, 2.05) is 27.8 Å². The predicted molar refractivity (Wildman–Crippen MR) is 88.2 cm³/mol. The van der Waals surface area contributed by atoms with Crippen LogP contribution in [-0.4, -0.2) is 34.0 Å². The molecule has 2 aliphatic heterocycles. The molecule has 2 amide bonds. The maximum atomic E-state index is 12.7. The van der Waals surface area contributed by atoms with Crippen molar-refractivity contribution in [3.8, 4) is 11.5 Å². The first-order valence-electron chi connectivity index (χ1n) is 8.25. The number of nitrogens with one attached hydrogen (secondary N) is 1. The maximum absolute atomic E-state index is 12.7. The molecule has 24 heavy (non-hydrogen) atoms. The fourth-order valence-corrected chi connectivity index (χ4v) is 3.38. The second kappa shape index (κ2) is 6.07. The Balaban J connectivity index is 1.51. The van der Waals surface area contributed by atoms with E-state index in [-0.39, 0.29) is 18.9 Å². The molecule has 0 spiro atoms. The van der Waals surface area contributed by atoms with E-state index < -0.39 is 0 Å². The maximum Gasteiger partial charge on any atom is 0.322 e. The number of aromatic nitrogens is 2. The van der Waals surface area contributed by atoms with E-state index in [1.165, 1.54) is 0 Å². The highest BCUT2D eigenvalue weighted by Crippen LogP contribution is 2.35. The molecule has 4 rings (SSSR count). The Kier molecular flexibility index (Phi) is 3.76. The van der Waals surface area contributed by atoms with Crippen molar-refractivity contribution in [2.24, 2.45) is 0 Å². The van der Waals surface area contributed by atoms with Crippen LogP contribution in [0.2, 0.25) is 0 Å². The summed E-state index contributed by atoms with van der Waals surface area (Å²) in [5.74, 6) is 1.37. The Labute approximate surface area is 140 Å². The third-order valence-corrected chi connectivity index (χ3v) is 4.53. The largest absolute Gasteiger partial charge is 0.454 e. The molecule has 1 fully saturated rings. The topological polar surface area (TPSA) is 68.6 Å². The van der Waals surface area contributed by atoms with E-state index in [4.69, 9.17) is 9.47 Å². The van der Waals surface area contributed by atoms with E-state index in [0.717, 1.165) is 31.6 Å². The number of anilines is 1. The molecule has 1 aromatic carbocycles. The first-order valence-corrected chi connectivity index (χ1v) is 8.25. The lowest BCUT2D eigenvalue weighted by Crippen LogP contribution is -2.35. The zero-order valence-corrected chi connectivity index (χ0v) is 13.6. The number of hydrogen-bond acceptors (Lipinski definition) is 4. The van der Waals surface area contributed by atoms with Gasteiger partial charge < -0.3 is 19.7 Å². The van der Waals surface area contributed by atoms with Gasteiger partial charge in [-0.25, -0.2) is 4.79 Å². The molecule has 0 unspecified atom stereocenters. The van der Waals surface area contributed by atoms with Gasteiger partial charge in [0.05, 0.1) is 11.7 Å². The molecule has 1 saturated heterocycles. The minimum atomic E-state index is -0.0970. The molecular formula is C17H20N4O3. The van der Waals surface area contributed by atoms with E-state index in [1.54, 1.807) is 12.3 Å². The SMILES string of the molecule is CCn1nccc1[C@@H]1CCCN1C(=O)Nc1ccc2c(c1)OCO2. The van der Waals surface area contributed by atoms with Crippen LogP contribution in [0.3, 0.4) is 0 Å². The second-order valence-corrected chi connectivity index (χ2v) is 5.92. The van der Waals surface area contributed by atoms with Crippen molar-refractivity contribution in [3.63, 3.8) is 0 Å². The Bertz CT molecular complexity index is 758. The molecule has 0 saturated carbocycles. The third-order valence-electron chi connectivity index (χ3n) is 4.53. The molecule has 2 aliphatic rings. The molecule has 126 valence electrons. The number of carbonyl (C=O) groups is 1. The van der Waals surface area contributed by atoms with E-state index in [2.05, 4.69) is 17.3 Å². The summed E-state index contributed by atoms with van der Waals surface area (Å²) in [4.78, 5) is 14.6. The van der Waals surface area contributed by atoms with Gasteiger partial charge in [0.1, 0.15) is 0 Å². The summed E-state index contributed by atoms with van der Waals surface area (Å²) in [7, 11) is 0. The van der Waals surface area contributed by atoms with Gasteiger partial charge in [-0.05, 0) is 38.0 Å². The van der Waals surface area contributed by atoms with Crippen molar-refractivity contribution in [2.45, 2.75) is 32.4 Å². The monoisotopic (exact) mass is 328 g/mol. The van der Waals surface area contributed by atoms with Crippen LogP contribution in [0.15, 0.2) is 30.5 Å². The number of urea groups is 1. The van der Waals surface area contributed by atoms with Crippen LogP contribution in [0.5, 0.6) is 11.5 Å². The highest BCUT2D eigenvalue weighted by molar-refractivity contribution is 5.90. The van der Waals surface area contributed by atoms with Gasteiger partial charge in [-0.1, -0.05) is 0 Å². The van der Waals surface area contributed by atoms with Crippen LogP contribution in [0.1, 0.15) is 31.5 Å². The number of hydrogen-bond donors (Lipinski definition) is 1. The lowest BCUT2D eigenvalue weighted by atomic mass is 10.1. The summed E-state index contributed by atoms with van der Waals surface area (Å²) in [6.45, 7) is 3.83. The van der Waals surface area contributed by atoms with Crippen LogP contribution in [0.4, 0.5) is 10.5 Å². The van der Waals surface area contributed by atoms with Crippen molar-refractivity contribution >= 4 is 11.7 Å². The van der Waals surface area contributed by atoms with E-state index >= 15 is 0 Å². The average Bonchev–Trinajstić information content (AvgIpc) is 3.32. The van der Waals surface area contributed by atoms with Crippen LogP contribution >= 0.6 is 0 Å². The second-order valence-electron chi connectivity index (χ2n) is 5.92. The number of likely N-dealkylation sites (tertiary alicyclic amines) is 1. The summed E-state index contributed by atoms with van der Waals surface area (Å²) >= 11 is 0. The summed E-state index contributed by atoms with van der Waals surface area (Å²) < 4.78 is 12.6. The molecule has 3 heterocycles. The zero-order chi connectivity index (χ0) is 16.5. The number of rotatable bonds is 3. The Morgan fingerprint density at radius 3 is 3.08 bits per heavy atom. The molecule has 0 bridgehead atoms. The number of benzene rings is 1. The molecule has 7 nitrogen and oxygen atoms in total. The van der Waals surface area contributed by atoms with Crippen molar-refractivity contribution in [2.75, 3.05) is 18.7 Å². The fraction of sp³-hybridized carbons (Fsp3) is 0.412. The van der Waals surface area contributed by atoms with Crippen molar-refractivity contribution < 1.29 is 14.3 Å². The number of aryl methyl sites for hydroxylation is 1. The number of carbonyl (C=O) groups excluding carboxylic acids is 1. The number of fused-ring (bicyclic) bond motifs is 1. The first kappa shape index (κ1) is 14.9. The Hall–Kier alpha value is -2.70. The smallest absolute Gasteiger partial charge is 0.322 e. The number of amides is 2. The molecule has 1 atom stereocenters. The summed E-state index contributed by atoms with van der Waals surface area (Å²) in [5, 5.41) is 7.29. The van der Waals surface area contributed by atoms with Gasteiger partial charge in [0.25, 0.3) is 0 Å². The van der Waals surface area contributed by atoms with Crippen LogP contribution < -0.4 is 14.8 Å². The van der Waals surface area contributed by atoms with Crippen molar-refractivity contribution in [3.05, 3.63) is 36.2 Å². The molecule has 1 N–H and O–H groups in total. The quantitative estimate of drug-likeness (QED) is 0.940. The summed E-state index contributed by atoms with van der Waals surface area (Å²) in [6.07, 6.45) is 3.75. The highest BCUT2D eigenvalue weighted by Gasteiger charge is 2.32. The molecular weight excluding hydrogens is 308 g/mol. The minimum Gasteiger partial charge on any atom is -0.454 e. The van der Waals surface area contributed by atoms with Crippen LogP contribution in [0.25, 0.3) is 0 Å². The lowest BCUT2D eigenvalue weighted by Gasteiger charge is -2.25. The first-order chi connectivity index (χ1) is 11.8. The summed E-state index contributed by atoms with van der Waals surface area (Å²) in [5.41, 5.74) is 1.80. The van der Waals surface area contributed by atoms with Gasteiger partial charge in [-0.2, -0.15) is 5.10 Å². The third kappa shape index (κ3) is 2.55. The van der Waals surface area contributed by atoms with E-state index in [0.29, 0.717) is 17.2 Å². The molecule has 0 radical (unpaired) electrons. The number of ether oxygens (including phenoxy) is 2. The highest BCUT2D eigenvalue weighted by atomic mass is 16.7. The average molecular weight is 328 g/mol. The van der Waals surface area contributed by atoms with Gasteiger partial charge in [0.15, 0.2) is 11.5 Å². The van der Waals surface area contributed by atoms with Crippen molar-refractivity contribution in [1.29, 1.82) is 0 Å². The van der Waals surface area contributed by atoms with Crippen LogP contribution in [0, 0.1) is 0 Å². The van der Waals surface area contributed by atoms with Crippen LogP contribution in [-0.2, 0) is 6.54 Å². The lowest BCUT2D eigenvalue weighted by molar-refractivity contribution is 0.174. The number of nitrogens with zero attached hydrogens (tertiary/aromatic N) is 3. The Morgan fingerprint density at radius 1 is 1.33 bits per heavy atom. The normalized spacial score (nSPS) is 18.9. The summed E-state index contributed by atoms with van der Waals surface area (Å²) in [6, 6.07) is 7.40. The van der Waals surface area contributed by atoms with E-state index in [9.17, 15) is 4.79 Å². The van der Waals surface area contributed by atoms with Gasteiger partial charge in [0, 0.05) is 31.0 Å². The molecule has 7 heteroatoms. The van der Waals surface area contributed by atoms with Crippen molar-refractivity contribution in [1.82, 2.24) is 14.7 Å². The van der Waals surface area contributed by atoms with Gasteiger partial charge >= 0.3 is 6.03 Å². The van der Waals surface area contributed by atoms with Gasteiger partial charge in [-0.3, -0.25) is 4.68 Å². The standard InChI is InChI=1S/C17H20N4O3/c1-2-21-14(7-8-18-21)13-4-3-9-20(13)17(22)19-12-5-6-15-16(10-12)24-11-23-15/h5-8,10,13H,2-4,9,11H2,1H3,(H,19,22)/t13-/m0/s1. The molecule has 1 aromatic heterocycles. The minimum absolute atomic E-state index is 0.0708. The predicted octanol–water partition coefficient (Wildman–Crippen LogP) is 3.00. The van der Waals surface area contributed by atoms with Gasteiger partial charge in [-0.15, -0.1) is 0 Å².